The van der Waals surface area contributed by atoms with Gasteiger partial charge in [-0.05, 0) is 34.9 Å². The van der Waals surface area contributed by atoms with E-state index in [0.29, 0.717) is 17.2 Å². The van der Waals surface area contributed by atoms with Gasteiger partial charge in [0.25, 0.3) is 5.91 Å². The van der Waals surface area contributed by atoms with E-state index in [9.17, 15) is 4.79 Å². The quantitative estimate of drug-likeness (QED) is 0.763. The van der Waals surface area contributed by atoms with E-state index in [-0.39, 0.29) is 5.91 Å². The first-order valence-electron chi connectivity index (χ1n) is 9.03. The largest absolute Gasteiger partial charge is 0.348 e. The SMILES string of the molecule is CC(C)c1ccc(C=C2SC(N3CCN(CCC#N)CC3)=NC2=O)cc1. The second-order valence-corrected chi connectivity index (χ2v) is 7.88. The van der Waals surface area contributed by atoms with Crippen LogP contribution in [0.5, 0.6) is 0 Å². The van der Waals surface area contributed by atoms with E-state index in [4.69, 9.17) is 5.26 Å². The number of carbonyl (C=O) groups excluding carboxylic acids is 1. The molecule has 6 heteroatoms. The number of nitriles is 1. The third-order valence-corrected chi connectivity index (χ3v) is 5.74. The van der Waals surface area contributed by atoms with E-state index < -0.39 is 0 Å². The Morgan fingerprint density at radius 3 is 2.54 bits per heavy atom. The Balaban J connectivity index is 1.60. The molecular weight excluding hydrogens is 344 g/mol. The normalized spacial score (nSPS) is 19.9. The van der Waals surface area contributed by atoms with Crippen LogP contribution in [0.1, 0.15) is 37.3 Å². The molecule has 5 nitrogen and oxygen atoms in total. The van der Waals surface area contributed by atoms with E-state index in [2.05, 4.69) is 59.0 Å². The minimum absolute atomic E-state index is 0.148. The topological polar surface area (TPSA) is 59.7 Å². The first-order chi connectivity index (χ1) is 12.6. The predicted octanol–water partition coefficient (Wildman–Crippen LogP) is 3.31. The lowest BCUT2D eigenvalue weighted by atomic mass is 10.0. The molecule has 0 unspecified atom stereocenters. The summed E-state index contributed by atoms with van der Waals surface area (Å²) in [5, 5.41) is 9.50. The summed E-state index contributed by atoms with van der Waals surface area (Å²) in [4.78, 5) is 21.7. The van der Waals surface area contributed by atoms with E-state index >= 15 is 0 Å². The van der Waals surface area contributed by atoms with Crippen LogP contribution in [0.3, 0.4) is 0 Å². The lowest BCUT2D eigenvalue weighted by molar-refractivity contribution is -0.113. The standard InChI is InChI=1S/C20H24N4OS/c1-15(2)17-6-4-16(5-7-17)14-18-19(25)22-20(26-18)24-12-10-23(11-13-24)9-3-8-21/h4-7,14-15H,3,9-13H2,1-2H3. The maximum atomic E-state index is 12.3. The summed E-state index contributed by atoms with van der Waals surface area (Å²) < 4.78 is 0. The first-order valence-corrected chi connectivity index (χ1v) is 9.85. The second kappa shape index (κ2) is 8.52. The van der Waals surface area contributed by atoms with Crippen molar-refractivity contribution in [3.63, 3.8) is 0 Å². The minimum Gasteiger partial charge on any atom is -0.348 e. The molecule has 1 aromatic rings. The summed E-state index contributed by atoms with van der Waals surface area (Å²) in [6, 6.07) is 10.5. The van der Waals surface area contributed by atoms with Gasteiger partial charge in [0.1, 0.15) is 0 Å². The van der Waals surface area contributed by atoms with Crippen LogP contribution in [0.25, 0.3) is 6.08 Å². The van der Waals surface area contributed by atoms with Gasteiger partial charge in [0.05, 0.1) is 11.0 Å². The number of rotatable bonds is 4. The van der Waals surface area contributed by atoms with Crippen LogP contribution in [0.15, 0.2) is 34.2 Å². The van der Waals surface area contributed by atoms with Gasteiger partial charge in [-0.2, -0.15) is 10.3 Å². The molecule has 2 heterocycles. The van der Waals surface area contributed by atoms with Gasteiger partial charge in [0.15, 0.2) is 5.17 Å². The van der Waals surface area contributed by atoms with Crippen molar-refractivity contribution in [2.75, 3.05) is 32.7 Å². The highest BCUT2D eigenvalue weighted by Gasteiger charge is 2.28. The van der Waals surface area contributed by atoms with Crippen molar-refractivity contribution < 1.29 is 4.79 Å². The zero-order chi connectivity index (χ0) is 18.5. The molecule has 26 heavy (non-hydrogen) atoms. The van der Waals surface area contributed by atoms with Crippen molar-refractivity contribution in [3.05, 3.63) is 40.3 Å². The fourth-order valence-electron chi connectivity index (χ4n) is 3.03. The number of amides is 1. The minimum atomic E-state index is -0.148. The third kappa shape index (κ3) is 4.54. The molecule has 1 fully saturated rings. The summed E-state index contributed by atoms with van der Waals surface area (Å²) in [5.41, 5.74) is 2.33. The Labute approximate surface area is 159 Å². The maximum absolute atomic E-state index is 12.3. The maximum Gasteiger partial charge on any atom is 0.286 e. The van der Waals surface area contributed by atoms with Crippen LogP contribution in [-0.4, -0.2) is 53.6 Å². The van der Waals surface area contributed by atoms with Crippen LogP contribution >= 0.6 is 11.8 Å². The number of aliphatic imine (C=N–C) groups is 1. The van der Waals surface area contributed by atoms with Gasteiger partial charge in [-0.3, -0.25) is 9.69 Å². The van der Waals surface area contributed by atoms with Crippen LogP contribution in [0.4, 0.5) is 0 Å². The highest BCUT2D eigenvalue weighted by Crippen LogP contribution is 2.31. The number of hydrogen-bond acceptors (Lipinski definition) is 5. The van der Waals surface area contributed by atoms with Gasteiger partial charge in [0.2, 0.25) is 0 Å². The predicted molar refractivity (Wildman–Crippen MR) is 107 cm³/mol. The van der Waals surface area contributed by atoms with Gasteiger partial charge in [0, 0.05) is 39.1 Å². The molecule has 0 saturated carbocycles. The average molecular weight is 369 g/mol. The number of benzene rings is 1. The molecule has 3 rings (SSSR count). The highest BCUT2D eigenvalue weighted by atomic mass is 32.2. The number of piperazine rings is 1. The Hall–Kier alpha value is -2.10. The third-order valence-electron chi connectivity index (χ3n) is 4.69. The molecule has 0 N–H and O–H groups in total. The molecule has 0 atom stereocenters. The first kappa shape index (κ1) is 18.7. The Morgan fingerprint density at radius 1 is 1.23 bits per heavy atom. The van der Waals surface area contributed by atoms with Crippen LogP contribution in [-0.2, 0) is 4.79 Å². The monoisotopic (exact) mass is 368 g/mol. The van der Waals surface area contributed by atoms with Crippen molar-refractivity contribution in [3.8, 4) is 6.07 Å². The Bertz CT molecular complexity index is 753. The molecule has 0 radical (unpaired) electrons. The zero-order valence-electron chi connectivity index (χ0n) is 15.3. The van der Waals surface area contributed by atoms with Gasteiger partial charge >= 0.3 is 0 Å². The van der Waals surface area contributed by atoms with E-state index in [0.717, 1.165) is 43.5 Å². The van der Waals surface area contributed by atoms with E-state index in [1.165, 1.54) is 17.3 Å². The highest BCUT2D eigenvalue weighted by molar-refractivity contribution is 8.18. The summed E-state index contributed by atoms with van der Waals surface area (Å²) in [5.74, 6) is 0.353. The zero-order valence-corrected chi connectivity index (χ0v) is 16.1. The molecule has 2 aliphatic heterocycles. The lowest BCUT2D eigenvalue weighted by Gasteiger charge is -2.34. The van der Waals surface area contributed by atoms with Crippen molar-refractivity contribution in [2.24, 2.45) is 4.99 Å². The van der Waals surface area contributed by atoms with Crippen molar-refractivity contribution in [1.82, 2.24) is 9.80 Å². The van der Waals surface area contributed by atoms with Gasteiger partial charge in [-0.1, -0.05) is 38.1 Å². The van der Waals surface area contributed by atoms with Crippen LogP contribution in [0, 0.1) is 11.3 Å². The van der Waals surface area contributed by atoms with Crippen molar-refractivity contribution >= 4 is 28.9 Å². The molecule has 136 valence electrons. The second-order valence-electron chi connectivity index (χ2n) is 6.87. The van der Waals surface area contributed by atoms with Crippen LogP contribution < -0.4 is 0 Å². The van der Waals surface area contributed by atoms with Crippen molar-refractivity contribution in [2.45, 2.75) is 26.2 Å². The summed E-state index contributed by atoms with van der Waals surface area (Å²) in [7, 11) is 0. The summed E-state index contributed by atoms with van der Waals surface area (Å²) >= 11 is 1.47. The average Bonchev–Trinajstić information content (AvgIpc) is 3.01. The molecule has 0 spiro atoms. The van der Waals surface area contributed by atoms with Crippen molar-refractivity contribution in [1.29, 1.82) is 5.26 Å². The summed E-state index contributed by atoms with van der Waals surface area (Å²) in [6.45, 7) is 8.67. The molecular formula is C20H24N4OS. The van der Waals surface area contributed by atoms with E-state index in [1.54, 1.807) is 0 Å². The molecule has 2 aliphatic rings. The number of carbonyl (C=O) groups is 1. The lowest BCUT2D eigenvalue weighted by Crippen LogP contribution is -2.47. The fraction of sp³-hybridized carbons (Fsp3) is 0.450. The summed E-state index contributed by atoms with van der Waals surface area (Å²) in [6.07, 6.45) is 2.49. The number of thioether (sulfide) groups is 1. The Morgan fingerprint density at radius 2 is 1.92 bits per heavy atom. The number of amidine groups is 1. The molecule has 1 amide bonds. The number of hydrogen-bond donors (Lipinski definition) is 0. The molecule has 0 bridgehead atoms. The van der Waals surface area contributed by atoms with Gasteiger partial charge in [-0.25, -0.2) is 0 Å². The van der Waals surface area contributed by atoms with Gasteiger partial charge < -0.3 is 4.90 Å². The van der Waals surface area contributed by atoms with E-state index in [1.807, 2.05) is 6.08 Å². The molecule has 0 aliphatic carbocycles. The van der Waals surface area contributed by atoms with Crippen LogP contribution in [0.2, 0.25) is 0 Å². The fourth-order valence-corrected chi connectivity index (χ4v) is 4.00. The molecule has 0 aromatic heterocycles. The molecule has 1 saturated heterocycles. The van der Waals surface area contributed by atoms with Gasteiger partial charge in [-0.15, -0.1) is 0 Å². The molecule has 1 aromatic carbocycles. The smallest absolute Gasteiger partial charge is 0.286 e. The number of nitrogens with zero attached hydrogens (tertiary/aromatic N) is 4. The Kier molecular flexibility index (Phi) is 6.12.